The van der Waals surface area contributed by atoms with Gasteiger partial charge in [0.2, 0.25) is 5.82 Å². The topological polar surface area (TPSA) is 33.1 Å². The highest BCUT2D eigenvalue weighted by Crippen LogP contribution is 2.33. The summed E-state index contributed by atoms with van der Waals surface area (Å²) in [5, 5.41) is 9.61. The first-order valence-corrected chi connectivity index (χ1v) is 5.42. The smallest absolute Gasteiger partial charge is 0.200 e. The molecule has 1 aromatic heterocycles. The number of benzene rings is 1. The van der Waals surface area contributed by atoms with Gasteiger partial charge in [0, 0.05) is 5.38 Å². The first-order chi connectivity index (χ1) is 8.47. The van der Waals surface area contributed by atoms with Gasteiger partial charge in [-0.1, -0.05) is 0 Å². The van der Waals surface area contributed by atoms with Crippen molar-refractivity contribution < 1.29 is 27.1 Å². The molecule has 2 rings (SSSR count). The average Bonchev–Trinajstić information content (AvgIpc) is 2.83. The maximum Gasteiger partial charge on any atom is 0.200 e. The number of aliphatic hydroxyl groups is 1. The Labute approximate surface area is 101 Å². The number of aromatic nitrogens is 1. The third-order valence-electron chi connectivity index (χ3n) is 2.14. The van der Waals surface area contributed by atoms with Crippen molar-refractivity contribution in [3.05, 3.63) is 40.2 Å². The molecule has 96 valence electrons. The van der Waals surface area contributed by atoms with Crippen LogP contribution in [0, 0.1) is 29.1 Å². The van der Waals surface area contributed by atoms with E-state index < -0.39 is 41.3 Å². The predicted molar refractivity (Wildman–Crippen MR) is 53.3 cm³/mol. The zero-order valence-corrected chi connectivity index (χ0v) is 9.29. The van der Waals surface area contributed by atoms with E-state index in [4.69, 9.17) is 5.11 Å². The van der Waals surface area contributed by atoms with Gasteiger partial charge in [0.25, 0.3) is 0 Å². The third kappa shape index (κ3) is 1.87. The fraction of sp³-hybridized carbons (Fsp3) is 0.100. The van der Waals surface area contributed by atoms with Gasteiger partial charge in [-0.05, 0) is 0 Å². The summed E-state index contributed by atoms with van der Waals surface area (Å²) in [7, 11) is 0. The second-order valence-electron chi connectivity index (χ2n) is 3.25. The minimum atomic E-state index is -2.22. The Morgan fingerprint density at radius 2 is 1.44 bits per heavy atom. The molecule has 0 atom stereocenters. The molecule has 0 radical (unpaired) electrons. The van der Waals surface area contributed by atoms with Crippen LogP contribution in [0.3, 0.4) is 0 Å². The molecule has 1 N–H and O–H groups in total. The van der Waals surface area contributed by atoms with E-state index in [1.54, 1.807) is 0 Å². The maximum absolute atomic E-state index is 13.4. The predicted octanol–water partition coefficient (Wildman–Crippen LogP) is 3.00. The van der Waals surface area contributed by atoms with Gasteiger partial charge >= 0.3 is 0 Å². The van der Waals surface area contributed by atoms with E-state index in [1.807, 2.05) is 0 Å². The molecule has 0 unspecified atom stereocenters. The lowest BCUT2D eigenvalue weighted by Crippen LogP contribution is -2.03. The first-order valence-electron chi connectivity index (χ1n) is 4.54. The molecule has 0 saturated carbocycles. The second kappa shape index (κ2) is 4.62. The van der Waals surface area contributed by atoms with E-state index in [0.29, 0.717) is 11.3 Å². The fourth-order valence-electron chi connectivity index (χ4n) is 1.29. The van der Waals surface area contributed by atoms with Crippen molar-refractivity contribution in [1.29, 1.82) is 0 Å². The quantitative estimate of drug-likeness (QED) is 0.521. The normalized spacial score (nSPS) is 11.0. The summed E-state index contributed by atoms with van der Waals surface area (Å²) in [5.74, 6) is -10.1. The molecule has 2 aromatic rings. The summed E-state index contributed by atoms with van der Waals surface area (Å²) < 4.78 is 65.5. The van der Waals surface area contributed by atoms with Crippen LogP contribution in [0.2, 0.25) is 0 Å². The zero-order chi connectivity index (χ0) is 13.4. The van der Waals surface area contributed by atoms with Crippen LogP contribution < -0.4 is 0 Å². The molecule has 0 amide bonds. The minimum Gasteiger partial charge on any atom is -0.390 e. The Morgan fingerprint density at radius 3 is 1.89 bits per heavy atom. The summed E-state index contributed by atoms with van der Waals surface area (Å²) in [6.07, 6.45) is 0. The van der Waals surface area contributed by atoms with E-state index in [1.165, 1.54) is 5.38 Å². The van der Waals surface area contributed by atoms with E-state index >= 15 is 0 Å². The van der Waals surface area contributed by atoms with Gasteiger partial charge in [0.05, 0.1) is 17.9 Å². The molecule has 0 aliphatic rings. The molecule has 0 saturated heterocycles. The highest BCUT2D eigenvalue weighted by atomic mass is 32.1. The number of nitrogens with zero attached hydrogens (tertiary/aromatic N) is 1. The van der Waals surface area contributed by atoms with Crippen molar-refractivity contribution in [2.24, 2.45) is 0 Å². The monoisotopic (exact) mass is 281 g/mol. The highest BCUT2D eigenvalue weighted by Gasteiger charge is 2.28. The summed E-state index contributed by atoms with van der Waals surface area (Å²) in [6.45, 7) is -0.494. The molecule has 0 fully saturated rings. The fourth-order valence-corrected chi connectivity index (χ4v) is 2.13. The summed E-state index contributed by atoms with van der Waals surface area (Å²) in [6, 6.07) is 0. The average molecular weight is 281 g/mol. The van der Waals surface area contributed by atoms with Crippen LogP contribution in [0.15, 0.2) is 5.38 Å². The number of thiazole rings is 1. The number of rotatable bonds is 2. The van der Waals surface area contributed by atoms with Crippen molar-refractivity contribution in [1.82, 2.24) is 4.98 Å². The molecule has 8 heteroatoms. The lowest BCUT2D eigenvalue weighted by Gasteiger charge is -2.05. The van der Waals surface area contributed by atoms with Gasteiger partial charge in [-0.2, -0.15) is 0 Å². The zero-order valence-electron chi connectivity index (χ0n) is 8.48. The van der Waals surface area contributed by atoms with Gasteiger partial charge in [-0.3, -0.25) is 0 Å². The van der Waals surface area contributed by atoms with Crippen LogP contribution in [0.4, 0.5) is 22.0 Å². The van der Waals surface area contributed by atoms with Crippen LogP contribution in [-0.2, 0) is 6.61 Å². The van der Waals surface area contributed by atoms with E-state index in [9.17, 15) is 22.0 Å². The van der Waals surface area contributed by atoms with E-state index in [-0.39, 0.29) is 10.7 Å². The van der Waals surface area contributed by atoms with Crippen molar-refractivity contribution >= 4 is 11.3 Å². The van der Waals surface area contributed by atoms with Crippen molar-refractivity contribution in [3.63, 3.8) is 0 Å². The van der Waals surface area contributed by atoms with Gasteiger partial charge in [-0.15, -0.1) is 11.3 Å². The standard InChI is InChI=1S/C10H4F5NOS/c11-5-4(10-16-3(1-17)2-18-10)6(12)8(14)9(15)7(5)13/h2,17H,1H2. The number of hydrogen-bond acceptors (Lipinski definition) is 3. The molecular weight excluding hydrogens is 277 g/mol. The minimum absolute atomic E-state index is 0.0824. The first kappa shape index (κ1) is 12.9. The molecule has 0 spiro atoms. The molecule has 0 bridgehead atoms. The highest BCUT2D eigenvalue weighted by molar-refractivity contribution is 7.13. The Balaban J connectivity index is 2.71. The van der Waals surface area contributed by atoms with Gasteiger partial charge < -0.3 is 5.11 Å². The Bertz CT molecular complexity index is 584. The number of halogens is 5. The second-order valence-corrected chi connectivity index (χ2v) is 4.11. The largest absolute Gasteiger partial charge is 0.390 e. The van der Waals surface area contributed by atoms with Gasteiger partial charge in [0.15, 0.2) is 23.3 Å². The number of aliphatic hydroxyl groups excluding tert-OH is 1. The third-order valence-corrected chi connectivity index (χ3v) is 3.05. The van der Waals surface area contributed by atoms with Crippen LogP contribution in [0.1, 0.15) is 5.69 Å². The van der Waals surface area contributed by atoms with Crippen molar-refractivity contribution in [2.45, 2.75) is 6.61 Å². The Morgan fingerprint density at radius 1 is 0.944 bits per heavy atom. The summed E-state index contributed by atoms with van der Waals surface area (Å²) in [5.41, 5.74) is -1.00. The number of hydrogen-bond donors (Lipinski definition) is 1. The molecule has 1 heterocycles. The van der Waals surface area contributed by atoms with E-state index in [0.717, 1.165) is 0 Å². The van der Waals surface area contributed by atoms with Gasteiger partial charge in [0.1, 0.15) is 5.01 Å². The lowest BCUT2D eigenvalue weighted by molar-refractivity contribution is 0.277. The molecule has 2 nitrogen and oxygen atoms in total. The molecule has 18 heavy (non-hydrogen) atoms. The van der Waals surface area contributed by atoms with Gasteiger partial charge in [-0.25, -0.2) is 26.9 Å². The lowest BCUT2D eigenvalue weighted by atomic mass is 10.2. The molecular formula is C10H4F5NOS. The van der Waals surface area contributed by atoms with Crippen molar-refractivity contribution in [2.75, 3.05) is 0 Å². The molecule has 1 aromatic carbocycles. The molecule has 0 aliphatic heterocycles. The Hall–Kier alpha value is -1.54. The van der Waals surface area contributed by atoms with Crippen molar-refractivity contribution in [3.8, 4) is 10.6 Å². The summed E-state index contributed by atoms with van der Waals surface area (Å²) in [4.78, 5) is 3.57. The molecule has 0 aliphatic carbocycles. The maximum atomic E-state index is 13.4. The van der Waals surface area contributed by atoms with E-state index in [2.05, 4.69) is 4.98 Å². The van der Waals surface area contributed by atoms with Crippen LogP contribution >= 0.6 is 11.3 Å². The summed E-state index contributed by atoms with van der Waals surface area (Å²) >= 11 is 0.672. The van der Waals surface area contributed by atoms with Crippen LogP contribution in [0.5, 0.6) is 0 Å². The van der Waals surface area contributed by atoms with Crippen LogP contribution in [0.25, 0.3) is 10.6 Å². The Kier molecular flexibility index (Phi) is 3.31. The van der Waals surface area contributed by atoms with Crippen LogP contribution in [-0.4, -0.2) is 10.1 Å². The SMILES string of the molecule is OCc1csc(-c2c(F)c(F)c(F)c(F)c2F)n1.